The van der Waals surface area contributed by atoms with Crippen molar-refractivity contribution in [2.45, 2.75) is 19.3 Å². The van der Waals surface area contributed by atoms with Gasteiger partial charge in [-0.25, -0.2) is 8.78 Å². The average Bonchev–Trinajstić information content (AvgIpc) is 2.75. The molecule has 0 bridgehead atoms. The molecular weight excluding hydrogens is 248 g/mol. The van der Waals surface area contributed by atoms with Gasteiger partial charge in [-0.05, 0) is 31.0 Å². The van der Waals surface area contributed by atoms with Crippen LogP contribution in [0.15, 0.2) is 30.9 Å². The van der Waals surface area contributed by atoms with Gasteiger partial charge in [0.15, 0.2) is 17.5 Å². The van der Waals surface area contributed by atoms with Crippen LogP contribution in [-0.2, 0) is 13.5 Å². The fourth-order valence-corrected chi connectivity index (χ4v) is 1.87. The van der Waals surface area contributed by atoms with E-state index < -0.39 is 11.6 Å². The highest BCUT2D eigenvalue weighted by molar-refractivity contribution is 5.55. The van der Waals surface area contributed by atoms with Crippen molar-refractivity contribution in [3.63, 3.8) is 0 Å². The smallest absolute Gasteiger partial charge is 0.163 e. The molecule has 0 radical (unpaired) electrons. The predicted molar refractivity (Wildman–Crippen MR) is 69.5 cm³/mol. The van der Waals surface area contributed by atoms with Crippen LogP contribution in [0, 0.1) is 11.6 Å². The number of aryl methyl sites for hydroxylation is 1. The van der Waals surface area contributed by atoms with E-state index in [0.717, 1.165) is 37.2 Å². The van der Waals surface area contributed by atoms with Crippen molar-refractivity contribution in [1.29, 1.82) is 0 Å². The Bertz CT molecular complexity index is 590. The lowest BCUT2D eigenvalue weighted by Crippen LogP contribution is -2.00. The van der Waals surface area contributed by atoms with Crippen LogP contribution in [0.5, 0.6) is 0 Å². The molecule has 0 aliphatic carbocycles. The Hall–Kier alpha value is -2.04. The van der Waals surface area contributed by atoms with E-state index >= 15 is 0 Å². The van der Waals surface area contributed by atoms with Gasteiger partial charge in [0.25, 0.3) is 0 Å². The molecule has 5 heteroatoms. The van der Waals surface area contributed by atoms with Gasteiger partial charge in [0.1, 0.15) is 5.82 Å². The number of unbranched alkanes of at least 4 members (excludes halogenated alkanes) is 1. The molecular formula is C14H15F2N3. The molecule has 0 aliphatic heterocycles. The summed E-state index contributed by atoms with van der Waals surface area (Å²) in [6, 6.07) is 3.72. The van der Waals surface area contributed by atoms with Crippen molar-refractivity contribution in [2.24, 2.45) is 7.05 Å². The van der Waals surface area contributed by atoms with Gasteiger partial charge in [-0.3, -0.25) is 0 Å². The summed E-state index contributed by atoms with van der Waals surface area (Å²) in [4.78, 5) is 0. The van der Waals surface area contributed by atoms with Crippen molar-refractivity contribution in [3.05, 3.63) is 48.3 Å². The van der Waals surface area contributed by atoms with E-state index in [1.54, 1.807) is 4.57 Å². The monoisotopic (exact) mass is 263 g/mol. The van der Waals surface area contributed by atoms with Crippen LogP contribution in [0.2, 0.25) is 0 Å². The lowest BCUT2D eigenvalue weighted by atomic mass is 10.2. The molecule has 19 heavy (non-hydrogen) atoms. The molecule has 1 heterocycles. The van der Waals surface area contributed by atoms with Gasteiger partial charge in [0, 0.05) is 19.0 Å². The van der Waals surface area contributed by atoms with Crippen LogP contribution in [-0.4, -0.2) is 14.8 Å². The number of allylic oxidation sites excluding steroid dienone is 1. The number of halogens is 2. The lowest BCUT2D eigenvalue weighted by Gasteiger charge is -2.04. The molecule has 3 nitrogen and oxygen atoms in total. The second-order valence-corrected chi connectivity index (χ2v) is 4.31. The van der Waals surface area contributed by atoms with Gasteiger partial charge >= 0.3 is 0 Å². The average molecular weight is 263 g/mol. The highest BCUT2D eigenvalue weighted by atomic mass is 19.2. The number of nitrogens with zero attached hydrogens (tertiary/aromatic N) is 3. The summed E-state index contributed by atoms with van der Waals surface area (Å²) in [5.41, 5.74) is 0.517. The number of rotatable bonds is 5. The van der Waals surface area contributed by atoms with Crippen LogP contribution in [0.25, 0.3) is 11.4 Å². The molecule has 1 aromatic heterocycles. The Morgan fingerprint density at radius 1 is 1.26 bits per heavy atom. The highest BCUT2D eigenvalue weighted by Gasteiger charge is 2.12. The standard InChI is InChI=1S/C14H15F2N3/c1-3-4-5-6-13-17-18-14(19(13)2)10-7-8-11(15)12(16)9-10/h3,7-9H,1,4-6H2,2H3. The first-order valence-electron chi connectivity index (χ1n) is 6.08. The number of aromatic nitrogens is 3. The third kappa shape index (κ3) is 2.86. The Morgan fingerprint density at radius 3 is 2.74 bits per heavy atom. The normalized spacial score (nSPS) is 10.7. The summed E-state index contributed by atoms with van der Waals surface area (Å²) in [6.45, 7) is 3.67. The molecule has 0 unspecified atom stereocenters. The molecule has 0 spiro atoms. The summed E-state index contributed by atoms with van der Waals surface area (Å²) < 4.78 is 27.9. The first-order valence-corrected chi connectivity index (χ1v) is 6.08. The van der Waals surface area contributed by atoms with Gasteiger partial charge in [0.2, 0.25) is 0 Å². The molecule has 0 N–H and O–H groups in total. The Morgan fingerprint density at radius 2 is 2.05 bits per heavy atom. The minimum atomic E-state index is -0.881. The van der Waals surface area contributed by atoms with Crippen LogP contribution in [0.3, 0.4) is 0 Å². The van der Waals surface area contributed by atoms with Crippen LogP contribution in [0.1, 0.15) is 18.7 Å². The largest absolute Gasteiger partial charge is 0.314 e. The molecule has 100 valence electrons. The fraction of sp³-hybridized carbons (Fsp3) is 0.286. The van der Waals surface area contributed by atoms with Gasteiger partial charge in [0.05, 0.1) is 0 Å². The zero-order chi connectivity index (χ0) is 13.8. The summed E-state index contributed by atoms with van der Waals surface area (Å²) in [7, 11) is 1.82. The predicted octanol–water partition coefficient (Wildman–Crippen LogP) is 3.27. The molecule has 0 saturated carbocycles. The molecule has 2 rings (SSSR count). The lowest BCUT2D eigenvalue weighted by molar-refractivity contribution is 0.509. The van der Waals surface area contributed by atoms with Gasteiger partial charge in [-0.1, -0.05) is 6.08 Å². The van der Waals surface area contributed by atoms with E-state index in [4.69, 9.17) is 0 Å². The summed E-state index contributed by atoms with van der Waals surface area (Å²) in [5.74, 6) is -0.389. The number of benzene rings is 1. The maximum absolute atomic E-state index is 13.2. The third-order valence-corrected chi connectivity index (χ3v) is 2.95. The van der Waals surface area contributed by atoms with Crippen molar-refractivity contribution in [2.75, 3.05) is 0 Å². The van der Waals surface area contributed by atoms with Crippen molar-refractivity contribution < 1.29 is 8.78 Å². The van der Waals surface area contributed by atoms with E-state index in [0.29, 0.717) is 11.4 Å². The highest BCUT2D eigenvalue weighted by Crippen LogP contribution is 2.20. The third-order valence-electron chi connectivity index (χ3n) is 2.95. The number of hydrogen-bond donors (Lipinski definition) is 0. The van der Waals surface area contributed by atoms with E-state index in [1.807, 2.05) is 13.1 Å². The zero-order valence-electron chi connectivity index (χ0n) is 10.7. The molecule has 0 atom stereocenters. The van der Waals surface area contributed by atoms with Crippen LogP contribution >= 0.6 is 0 Å². The molecule has 0 aliphatic rings. The Kier molecular flexibility index (Phi) is 4.04. The molecule has 1 aromatic carbocycles. The van der Waals surface area contributed by atoms with Gasteiger partial charge in [-0.2, -0.15) is 0 Å². The van der Waals surface area contributed by atoms with Crippen molar-refractivity contribution in [3.8, 4) is 11.4 Å². The van der Waals surface area contributed by atoms with Crippen molar-refractivity contribution >= 4 is 0 Å². The summed E-state index contributed by atoms with van der Waals surface area (Å²) in [5, 5.41) is 8.11. The van der Waals surface area contributed by atoms with Crippen LogP contribution < -0.4 is 0 Å². The van der Waals surface area contributed by atoms with Crippen LogP contribution in [0.4, 0.5) is 8.78 Å². The quantitative estimate of drug-likeness (QED) is 0.612. The van der Waals surface area contributed by atoms with E-state index in [9.17, 15) is 8.78 Å². The van der Waals surface area contributed by atoms with E-state index in [-0.39, 0.29) is 0 Å². The first kappa shape index (κ1) is 13.4. The molecule has 0 amide bonds. The maximum Gasteiger partial charge on any atom is 0.163 e. The van der Waals surface area contributed by atoms with E-state index in [1.165, 1.54) is 6.07 Å². The maximum atomic E-state index is 13.2. The summed E-state index contributed by atoms with van der Waals surface area (Å²) in [6.07, 6.45) is 4.48. The molecule has 0 fully saturated rings. The number of hydrogen-bond acceptors (Lipinski definition) is 2. The zero-order valence-corrected chi connectivity index (χ0v) is 10.7. The Labute approximate surface area is 110 Å². The first-order chi connectivity index (χ1) is 9.13. The Balaban J connectivity index is 2.25. The second-order valence-electron chi connectivity index (χ2n) is 4.31. The van der Waals surface area contributed by atoms with Gasteiger partial charge in [-0.15, -0.1) is 16.8 Å². The SMILES string of the molecule is C=CCCCc1nnc(-c2ccc(F)c(F)c2)n1C. The molecule has 2 aromatic rings. The fourth-order valence-electron chi connectivity index (χ4n) is 1.87. The summed E-state index contributed by atoms with van der Waals surface area (Å²) >= 11 is 0. The molecule has 0 saturated heterocycles. The topological polar surface area (TPSA) is 30.7 Å². The second kappa shape index (κ2) is 5.73. The van der Waals surface area contributed by atoms with Gasteiger partial charge < -0.3 is 4.57 Å². The minimum absolute atomic E-state index is 0.517. The van der Waals surface area contributed by atoms with Crippen molar-refractivity contribution in [1.82, 2.24) is 14.8 Å². The van der Waals surface area contributed by atoms with E-state index in [2.05, 4.69) is 16.8 Å². The minimum Gasteiger partial charge on any atom is -0.314 e.